The van der Waals surface area contributed by atoms with Crippen LogP contribution in [-0.2, 0) is 6.54 Å². The number of likely N-dealkylation sites (N-methyl/N-ethyl adjacent to an activating group) is 1. The zero-order valence-electron chi connectivity index (χ0n) is 20.2. The van der Waals surface area contributed by atoms with E-state index in [1.807, 2.05) is 25.1 Å². The van der Waals surface area contributed by atoms with Gasteiger partial charge in [0, 0.05) is 84.2 Å². The Bertz CT molecular complexity index is 1480. The van der Waals surface area contributed by atoms with Gasteiger partial charge >= 0.3 is 0 Å². The number of carbonyl (C=O) groups is 1. The van der Waals surface area contributed by atoms with E-state index in [2.05, 4.69) is 54.2 Å². The molecule has 3 aromatic heterocycles. The molecule has 0 saturated carbocycles. The van der Waals surface area contributed by atoms with Crippen LogP contribution in [-0.4, -0.2) is 69.1 Å². The topological polar surface area (TPSA) is 90.0 Å². The van der Waals surface area contributed by atoms with Gasteiger partial charge in [0.05, 0.1) is 5.56 Å². The molecule has 1 aliphatic rings. The molecule has 0 radical (unpaired) electrons. The van der Waals surface area contributed by atoms with Crippen LogP contribution in [0.4, 0.5) is 5.69 Å². The number of halogens is 1. The van der Waals surface area contributed by atoms with Crippen molar-refractivity contribution >= 4 is 34.2 Å². The van der Waals surface area contributed by atoms with Crippen molar-refractivity contribution in [3.63, 3.8) is 0 Å². The first-order chi connectivity index (χ1) is 17.4. The zero-order valence-corrected chi connectivity index (χ0v) is 20.9. The van der Waals surface area contributed by atoms with Crippen LogP contribution in [0.2, 0.25) is 5.02 Å². The molecular weight excluding hydrogens is 474 g/mol. The summed E-state index contributed by atoms with van der Waals surface area (Å²) in [5, 5.41) is 11.5. The van der Waals surface area contributed by atoms with Crippen LogP contribution in [0.3, 0.4) is 0 Å². The van der Waals surface area contributed by atoms with E-state index in [-0.39, 0.29) is 5.91 Å². The highest BCUT2D eigenvalue weighted by Crippen LogP contribution is 2.23. The number of H-pyrrole nitrogens is 1. The number of pyridine rings is 2. The summed E-state index contributed by atoms with van der Waals surface area (Å²) in [6.45, 7) is 6.89. The number of benzene rings is 1. The number of rotatable bonds is 4. The first kappa shape index (κ1) is 23.9. The molecule has 5 rings (SSSR count). The van der Waals surface area contributed by atoms with Crippen molar-refractivity contribution in [3.8, 4) is 11.8 Å². The van der Waals surface area contributed by atoms with E-state index in [4.69, 9.17) is 11.6 Å². The van der Waals surface area contributed by atoms with E-state index in [0.29, 0.717) is 27.5 Å². The predicted molar refractivity (Wildman–Crippen MR) is 141 cm³/mol. The van der Waals surface area contributed by atoms with E-state index in [1.54, 1.807) is 24.5 Å². The summed E-state index contributed by atoms with van der Waals surface area (Å²) in [5.74, 6) is 5.88. The number of fused-ring (bicyclic) bond motifs is 1. The molecular formula is C27H26ClN7O. The van der Waals surface area contributed by atoms with Gasteiger partial charge in [0.1, 0.15) is 0 Å². The number of hydrogen-bond acceptors (Lipinski definition) is 6. The largest absolute Gasteiger partial charge is 0.322 e. The van der Waals surface area contributed by atoms with Gasteiger partial charge in [-0.15, -0.1) is 0 Å². The second-order valence-electron chi connectivity index (χ2n) is 9.00. The lowest BCUT2D eigenvalue weighted by Gasteiger charge is -2.32. The molecule has 9 heteroatoms. The quantitative estimate of drug-likeness (QED) is 0.416. The summed E-state index contributed by atoms with van der Waals surface area (Å²) < 4.78 is 0. The summed E-state index contributed by atoms with van der Waals surface area (Å²) in [6, 6.07) is 9.31. The van der Waals surface area contributed by atoms with Gasteiger partial charge in [-0.2, -0.15) is 5.10 Å². The number of amides is 1. The molecule has 1 aliphatic heterocycles. The minimum atomic E-state index is -0.272. The van der Waals surface area contributed by atoms with Crippen molar-refractivity contribution in [2.24, 2.45) is 0 Å². The number of anilines is 1. The van der Waals surface area contributed by atoms with Gasteiger partial charge in [-0.1, -0.05) is 29.5 Å². The van der Waals surface area contributed by atoms with E-state index in [1.165, 1.54) is 6.20 Å². The number of hydrogen-bond donors (Lipinski definition) is 2. The fraction of sp³-hybridized carbons (Fsp3) is 0.259. The first-order valence-corrected chi connectivity index (χ1v) is 12.1. The van der Waals surface area contributed by atoms with Crippen molar-refractivity contribution in [3.05, 3.63) is 81.9 Å². The Hall–Kier alpha value is -3.77. The molecule has 1 amide bonds. The summed E-state index contributed by atoms with van der Waals surface area (Å²) in [5.41, 5.74) is 5.09. The summed E-state index contributed by atoms with van der Waals surface area (Å²) in [6.07, 6.45) is 4.83. The lowest BCUT2D eigenvalue weighted by Crippen LogP contribution is -2.43. The Morgan fingerprint density at radius 3 is 2.64 bits per heavy atom. The molecule has 0 bridgehead atoms. The Morgan fingerprint density at radius 1 is 1.08 bits per heavy atom. The highest BCUT2D eigenvalue weighted by molar-refractivity contribution is 6.31. The van der Waals surface area contributed by atoms with E-state index < -0.39 is 0 Å². The van der Waals surface area contributed by atoms with Crippen LogP contribution in [0.25, 0.3) is 11.0 Å². The molecule has 182 valence electrons. The van der Waals surface area contributed by atoms with Crippen LogP contribution in [0.1, 0.15) is 32.7 Å². The third-order valence-electron chi connectivity index (χ3n) is 6.25. The maximum Gasteiger partial charge on any atom is 0.257 e. The summed E-state index contributed by atoms with van der Waals surface area (Å²) >= 11 is 6.54. The molecule has 8 nitrogen and oxygen atoms in total. The second kappa shape index (κ2) is 10.5. The van der Waals surface area contributed by atoms with Crippen molar-refractivity contribution in [1.29, 1.82) is 0 Å². The molecule has 0 aliphatic carbocycles. The third-order valence-corrected chi connectivity index (χ3v) is 6.60. The number of nitrogens with one attached hydrogen (secondary N) is 2. The van der Waals surface area contributed by atoms with Crippen LogP contribution in [0.5, 0.6) is 0 Å². The molecule has 1 fully saturated rings. The van der Waals surface area contributed by atoms with Gasteiger partial charge in [-0.05, 0) is 43.8 Å². The summed E-state index contributed by atoms with van der Waals surface area (Å²) in [7, 11) is 2.14. The predicted octanol–water partition coefficient (Wildman–Crippen LogP) is 3.71. The summed E-state index contributed by atoms with van der Waals surface area (Å²) in [4.78, 5) is 26.1. The number of carbonyl (C=O) groups excluding carboxylic acids is 1. The van der Waals surface area contributed by atoms with Gasteiger partial charge in [0.2, 0.25) is 0 Å². The van der Waals surface area contributed by atoms with Crippen LogP contribution < -0.4 is 5.32 Å². The van der Waals surface area contributed by atoms with Crippen LogP contribution in [0.15, 0.2) is 48.9 Å². The zero-order chi connectivity index (χ0) is 25.1. The smallest absolute Gasteiger partial charge is 0.257 e. The van der Waals surface area contributed by atoms with E-state index in [0.717, 1.165) is 54.9 Å². The van der Waals surface area contributed by atoms with Crippen LogP contribution >= 0.6 is 11.6 Å². The van der Waals surface area contributed by atoms with Gasteiger partial charge in [0.15, 0.2) is 5.65 Å². The number of aromatic nitrogens is 4. The Morgan fingerprint density at radius 2 is 1.86 bits per heavy atom. The molecule has 1 saturated heterocycles. The average Bonchev–Trinajstić information content (AvgIpc) is 3.26. The average molecular weight is 500 g/mol. The molecule has 2 N–H and O–H groups in total. The molecule has 0 atom stereocenters. The molecule has 4 aromatic rings. The number of nitrogens with zero attached hydrogens (tertiary/aromatic N) is 5. The van der Waals surface area contributed by atoms with Crippen molar-refractivity contribution in [1.82, 2.24) is 30.0 Å². The number of aryl methyl sites for hydroxylation is 1. The van der Waals surface area contributed by atoms with E-state index >= 15 is 0 Å². The molecule has 0 unspecified atom stereocenters. The monoisotopic (exact) mass is 499 g/mol. The lowest BCUT2D eigenvalue weighted by atomic mass is 10.1. The fourth-order valence-electron chi connectivity index (χ4n) is 4.07. The Kier molecular flexibility index (Phi) is 6.96. The molecule has 1 aromatic carbocycles. The van der Waals surface area contributed by atoms with Gasteiger partial charge < -0.3 is 10.2 Å². The molecule has 36 heavy (non-hydrogen) atoms. The van der Waals surface area contributed by atoms with Gasteiger partial charge in [-0.25, -0.2) is 4.98 Å². The van der Waals surface area contributed by atoms with Gasteiger partial charge in [0.25, 0.3) is 5.91 Å². The normalized spacial score (nSPS) is 14.4. The fourth-order valence-corrected chi connectivity index (χ4v) is 4.31. The van der Waals surface area contributed by atoms with Crippen LogP contribution in [0, 0.1) is 18.8 Å². The third kappa shape index (κ3) is 5.55. The Labute approximate surface area is 214 Å². The minimum Gasteiger partial charge on any atom is -0.322 e. The highest BCUT2D eigenvalue weighted by Gasteiger charge is 2.16. The SMILES string of the molecule is Cc1[nH]nc2ncc(C#Cc3cncc(C(=O)Nc4ccc(CN5CCN(C)CC5)c(Cl)c4)c3)cc12. The van der Waals surface area contributed by atoms with Gasteiger partial charge in [-0.3, -0.25) is 19.8 Å². The Balaban J connectivity index is 1.25. The van der Waals surface area contributed by atoms with Crippen molar-refractivity contribution < 1.29 is 4.79 Å². The molecule has 4 heterocycles. The molecule has 0 spiro atoms. The highest BCUT2D eigenvalue weighted by atomic mass is 35.5. The van der Waals surface area contributed by atoms with Crippen molar-refractivity contribution in [2.45, 2.75) is 13.5 Å². The number of aromatic amines is 1. The second-order valence-corrected chi connectivity index (χ2v) is 9.40. The van der Waals surface area contributed by atoms with Crippen molar-refractivity contribution in [2.75, 3.05) is 38.5 Å². The maximum absolute atomic E-state index is 12.9. The number of piperazine rings is 1. The first-order valence-electron chi connectivity index (χ1n) is 11.7. The standard InChI is InChI=1S/C27H26ClN7O/c1-18-24-12-20(15-30-26(24)33-32-18)4-3-19-11-22(16-29-14-19)27(36)31-23-6-5-21(25(28)13-23)17-35-9-7-34(2)8-10-35/h5-6,11-16H,7-10,17H2,1-2H3,(H,31,36)(H,30,32,33). The lowest BCUT2D eigenvalue weighted by molar-refractivity contribution is 0.102. The minimum absolute atomic E-state index is 0.272. The maximum atomic E-state index is 12.9. The van der Waals surface area contributed by atoms with E-state index in [9.17, 15) is 4.79 Å².